The van der Waals surface area contributed by atoms with Crippen LogP contribution in [0.5, 0.6) is 0 Å². The van der Waals surface area contributed by atoms with Crippen molar-refractivity contribution in [3.8, 4) is 0 Å². The first-order valence-electron chi connectivity index (χ1n) is 8.21. The quantitative estimate of drug-likeness (QED) is 0.863. The minimum absolute atomic E-state index is 0.356. The lowest BCUT2D eigenvalue weighted by Gasteiger charge is -2.32. The molecule has 1 fully saturated rings. The number of nitrogen functional groups attached to an aromatic ring is 1. The van der Waals surface area contributed by atoms with Gasteiger partial charge in [-0.15, -0.1) is 0 Å². The molecule has 1 aromatic heterocycles. The van der Waals surface area contributed by atoms with Gasteiger partial charge in [0.25, 0.3) is 0 Å². The number of nitrogens with two attached hydrogens (primary N) is 1. The summed E-state index contributed by atoms with van der Waals surface area (Å²) >= 11 is 0. The van der Waals surface area contributed by atoms with Crippen molar-refractivity contribution in [2.75, 3.05) is 48.3 Å². The highest BCUT2D eigenvalue weighted by atomic mass is 15.3. The number of anilines is 3. The summed E-state index contributed by atoms with van der Waals surface area (Å²) in [4.78, 5) is 13.5. The van der Waals surface area contributed by atoms with Crippen LogP contribution < -0.4 is 20.9 Å². The van der Waals surface area contributed by atoms with Gasteiger partial charge in [-0.05, 0) is 17.5 Å². The molecule has 0 bridgehead atoms. The van der Waals surface area contributed by atoms with E-state index >= 15 is 0 Å². The lowest BCUT2D eigenvalue weighted by Crippen LogP contribution is -2.44. The van der Waals surface area contributed by atoms with E-state index in [-0.39, 0.29) is 0 Å². The van der Waals surface area contributed by atoms with Crippen LogP contribution in [0.4, 0.5) is 17.6 Å². The Kier molecular flexibility index (Phi) is 3.75. The van der Waals surface area contributed by atoms with E-state index in [9.17, 15) is 0 Å². The summed E-state index contributed by atoms with van der Waals surface area (Å²) in [6, 6.07) is 10.7. The number of hydrogen-bond donors (Lipinski definition) is 2. The lowest BCUT2D eigenvalue weighted by atomic mass is 10.00. The maximum absolute atomic E-state index is 5.98. The first-order chi connectivity index (χ1) is 11.3. The van der Waals surface area contributed by atoms with Gasteiger partial charge in [0.2, 0.25) is 5.95 Å². The smallest absolute Gasteiger partial charge is 0.223 e. The topological polar surface area (TPSA) is 70.3 Å². The van der Waals surface area contributed by atoms with E-state index < -0.39 is 0 Å². The fraction of sp³-hybridized carbons (Fsp3) is 0.412. The number of nitrogens with one attached hydrogen (secondary N) is 1. The van der Waals surface area contributed by atoms with Crippen molar-refractivity contribution < 1.29 is 0 Å². The van der Waals surface area contributed by atoms with E-state index in [0.29, 0.717) is 5.95 Å². The maximum Gasteiger partial charge on any atom is 0.223 e. The van der Waals surface area contributed by atoms with Crippen molar-refractivity contribution in [2.45, 2.75) is 13.0 Å². The van der Waals surface area contributed by atoms with Gasteiger partial charge in [0, 0.05) is 45.3 Å². The molecule has 0 saturated carbocycles. The van der Waals surface area contributed by atoms with E-state index in [1.165, 1.54) is 11.1 Å². The van der Waals surface area contributed by atoms with Gasteiger partial charge in [0.1, 0.15) is 11.6 Å². The van der Waals surface area contributed by atoms with Gasteiger partial charge in [0.05, 0.1) is 0 Å². The molecule has 0 unspecified atom stereocenters. The number of nitrogens with zero attached hydrogens (tertiary/aromatic N) is 4. The molecule has 0 radical (unpaired) electrons. The average molecular weight is 310 g/mol. The molecule has 6 nitrogen and oxygen atoms in total. The number of benzene rings is 1. The zero-order chi connectivity index (χ0) is 15.6. The second kappa shape index (κ2) is 6.04. The molecule has 3 heterocycles. The highest BCUT2D eigenvalue weighted by Crippen LogP contribution is 2.26. The molecule has 2 aliphatic rings. The fourth-order valence-corrected chi connectivity index (χ4v) is 3.35. The van der Waals surface area contributed by atoms with Crippen molar-refractivity contribution in [1.29, 1.82) is 0 Å². The molecule has 23 heavy (non-hydrogen) atoms. The van der Waals surface area contributed by atoms with Gasteiger partial charge in [-0.3, -0.25) is 0 Å². The molecular formula is C17H22N6. The molecule has 0 amide bonds. The fourth-order valence-electron chi connectivity index (χ4n) is 3.35. The molecule has 6 heteroatoms. The monoisotopic (exact) mass is 310 g/mol. The summed E-state index contributed by atoms with van der Waals surface area (Å²) < 4.78 is 0. The van der Waals surface area contributed by atoms with Gasteiger partial charge in [0.15, 0.2) is 0 Å². The molecular weight excluding hydrogens is 288 g/mol. The second-order valence-corrected chi connectivity index (χ2v) is 6.12. The number of hydrogen-bond acceptors (Lipinski definition) is 6. The summed E-state index contributed by atoms with van der Waals surface area (Å²) in [6.45, 7) is 5.73. The standard InChI is InChI=1S/C17H22N6/c18-17-20-15(22-9-6-19-7-10-22)11-16(21-17)23-8-5-13-3-1-2-4-14(13)12-23/h1-4,11,19H,5-10,12H2,(H2,18,20,21). The first-order valence-corrected chi connectivity index (χ1v) is 8.21. The number of fused-ring (bicyclic) bond motifs is 1. The van der Waals surface area contributed by atoms with E-state index in [2.05, 4.69) is 55.4 Å². The third kappa shape index (κ3) is 2.94. The Morgan fingerprint density at radius 3 is 2.39 bits per heavy atom. The Morgan fingerprint density at radius 2 is 1.61 bits per heavy atom. The number of piperazine rings is 1. The van der Waals surface area contributed by atoms with Crippen molar-refractivity contribution in [3.05, 3.63) is 41.5 Å². The zero-order valence-corrected chi connectivity index (χ0v) is 13.2. The maximum atomic E-state index is 5.98. The van der Waals surface area contributed by atoms with E-state index in [0.717, 1.165) is 57.3 Å². The molecule has 4 rings (SSSR count). The molecule has 1 aromatic carbocycles. The van der Waals surface area contributed by atoms with E-state index in [1.807, 2.05) is 0 Å². The Bertz CT molecular complexity index is 695. The largest absolute Gasteiger partial charge is 0.368 e. The molecule has 0 atom stereocenters. The summed E-state index contributed by atoms with van der Waals surface area (Å²) in [5.41, 5.74) is 8.79. The van der Waals surface area contributed by atoms with Crippen LogP contribution in [0.2, 0.25) is 0 Å². The molecule has 2 aromatic rings. The SMILES string of the molecule is Nc1nc(N2CCNCC2)cc(N2CCc3ccccc3C2)n1. The number of aromatic nitrogens is 2. The lowest BCUT2D eigenvalue weighted by molar-refractivity contribution is 0.584. The van der Waals surface area contributed by atoms with Gasteiger partial charge >= 0.3 is 0 Å². The Hall–Kier alpha value is -2.34. The highest BCUT2D eigenvalue weighted by Gasteiger charge is 2.20. The number of rotatable bonds is 2. The minimum Gasteiger partial charge on any atom is -0.368 e. The predicted octanol–water partition coefficient (Wildman–Crippen LogP) is 1.03. The van der Waals surface area contributed by atoms with Gasteiger partial charge < -0.3 is 20.9 Å². The van der Waals surface area contributed by atoms with Crippen LogP contribution in [-0.2, 0) is 13.0 Å². The van der Waals surface area contributed by atoms with Gasteiger partial charge in [-0.25, -0.2) is 0 Å². The molecule has 1 saturated heterocycles. The van der Waals surface area contributed by atoms with Crippen LogP contribution in [0.25, 0.3) is 0 Å². The average Bonchev–Trinajstić information content (AvgIpc) is 2.61. The second-order valence-electron chi connectivity index (χ2n) is 6.12. The van der Waals surface area contributed by atoms with E-state index in [4.69, 9.17) is 5.73 Å². The van der Waals surface area contributed by atoms with Crippen LogP contribution in [0.3, 0.4) is 0 Å². The Morgan fingerprint density at radius 1 is 0.913 bits per heavy atom. The summed E-state index contributed by atoms with van der Waals surface area (Å²) in [7, 11) is 0. The van der Waals surface area contributed by atoms with Gasteiger partial charge in [-0.1, -0.05) is 24.3 Å². The molecule has 0 aliphatic carbocycles. The third-order valence-electron chi connectivity index (χ3n) is 4.61. The van der Waals surface area contributed by atoms with Crippen LogP contribution in [0.15, 0.2) is 30.3 Å². The Balaban J connectivity index is 1.60. The van der Waals surface area contributed by atoms with Crippen molar-refractivity contribution in [1.82, 2.24) is 15.3 Å². The van der Waals surface area contributed by atoms with E-state index in [1.54, 1.807) is 0 Å². The first kappa shape index (κ1) is 14.3. The van der Waals surface area contributed by atoms with Crippen LogP contribution in [0.1, 0.15) is 11.1 Å². The summed E-state index contributed by atoms with van der Waals surface area (Å²) in [6.07, 6.45) is 1.04. The predicted molar refractivity (Wildman–Crippen MR) is 92.7 cm³/mol. The Labute approximate surface area is 136 Å². The van der Waals surface area contributed by atoms with Crippen molar-refractivity contribution >= 4 is 17.6 Å². The van der Waals surface area contributed by atoms with Crippen LogP contribution in [0, 0.1) is 0 Å². The van der Waals surface area contributed by atoms with Crippen molar-refractivity contribution in [2.24, 2.45) is 0 Å². The zero-order valence-electron chi connectivity index (χ0n) is 13.2. The summed E-state index contributed by atoms with van der Waals surface area (Å²) in [5.74, 6) is 2.23. The van der Waals surface area contributed by atoms with Crippen molar-refractivity contribution in [3.63, 3.8) is 0 Å². The molecule has 3 N–H and O–H groups in total. The molecule has 0 spiro atoms. The summed E-state index contributed by atoms with van der Waals surface area (Å²) in [5, 5.41) is 3.36. The molecule has 2 aliphatic heterocycles. The molecule has 120 valence electrons. The highest BCUT2D eigenvalue weighted by molar-refractivity contribution is 5.55. The minimum atomic E-state index is 0.356. The third-order valence-corrected chi connectivity index (χ3v) is 4.61. The van der Waals surface area contributed by atoms with Gasteiger partial charge in [-0.2, -0.15) is 9.97 Å². The van der Waals surface area contributed by atoms with Crippen LogP contribution in [-0.4, -0.2) is 42.7 Å². The normalized spacial score (nSPS) is 17.9. The van der Waals surface area contributed by atoms with Crippen LogP contribution >= 0.6 is 0 Å².